The standard InChI is InChI=1S/C11H21N3O3S2/c1-4-7-14(5-2)8-6-12-19(16,17)10-9(3)13-11(15)18-10/h12H,4-8H2,1-3H3,(H,13,15). The van der Waals surface area contributed by atoms with Crippen LogP contribution in [-0.4, -0.2) is 44.5 Å². The van der Waals surface area contributed by atoms with Gasteiger partial charge in [-0.25, -0.2) is 13.1 Å². The van der Waals surface area contributed by atoms with Gasteiger partial charge in [-0.2, -0.15) is 0 Å². The van der Waals surface area contributed by atoms with E-state index in [9.17, 15) is 13.2 Å². The molecule has 0 fully saturated rings. The van der Waals surface area contributed by atoms with Crippen molar-refractivity contribution in [2.75, 3.05) is 26.2 Å². The Bertz CT molecular complexity index is 548. The van der Waals surface area contributed by atoms with Crippen molar-refractivity contribution in [3.05, 3.63) is 15.4 Å². The van der Waals surface area contributed by atoms with Crippen LogP contribution in [0.2, 0.25) is 0 Å². The monoisotopic (exact) mass is 307 g/mol. The summed E-state index contributed by atoms with van der Waals surface area (Å²) in [6.45, 7) is 8.59. The third kappa shape index (κ3) is 4.72. The number of hydrogen-bond donors (Lipinski definition) is 2. The molecule has 0 radical (unpaired) electrons. The molecule has 6 nitrogen and oxygen atoms in total. The summed E-state index contributed by atoms with van der Waals surface area (Å²) in [6, 6.07) is 0. The van der Waals surface area contributed by atoms with E-state index in [0.29, 0.717) is 18.8 Å². The van der Waals surface area contributed by atoms with Gasteiger partial charge in [-0.3, -0.25) is 4.79 Å². The highest BCUT2D eigenvalue weighted by molar-refractivity contribution is 7.91. The van der Waals surface area contributed by atoms with Crippen molar-refractivity contribution in [3.63, 3.8) is 0 Å². The number of rotatable bonds is 8. The van der Waals surface area contributed by atoms with Gasteiger partial charge in [0.05, 0.1) is 0 Å². The molecule has 1 rings (SSSR count). The topological polar surface area (TPSA) is 82.3 Å². The minimum Gasteiger partial charge on any atom is -0.315 e. The number of sulfonamides is 1. The van der Waals surface area contributed by atoms with Gasteiger partial charge in [0, 0.05) is 18.8 Å². The normalized spacial score (nSPS) is 12.2. The summed E-state index contributed by atoms with van der Waals surface area (Å²) < 4.78 is 26.6. The lowest BCUT2D eigenvalue weighted by atomic mass is 10.4. The molecule has 0 aliphatic rings. The molecule has 0 saturated heterocycles. The van der Waals surface area contributed by atoms with Crippen molar-refractivity contribution in [1.29, 1.82) is 0 Å². The van der Waals surface area contributed by atoms with Crippen LogP contribution in [0.1, 0.15) is 26.0 Å². The van der Waals surface area contributed by atoms with Crippen LogP contribution in [0.3, 0.4) is 0 Å². The van der Waals surface area contributed by atoms with Gasteiger partial charge in [-0.15, -0.1) is 0 Å². The van der Waals surface area contributed by atoms with E-state index in [-0.39, 0.29) is 9.08 Å². The lowest BCUT2D eigenvalue weighted by Gasteiger charge is -2.19. The highest BCUT2D eigenvalue weighted by atomic mass is 32.2. The number of aromatic amines is 1. The summed E-state index contributed by atoms with van der Waals surface area (Å²) in [5.74, 6) is 0. The first-order valence-corrected chi connectivity index (χ1v) is 8.62. The molecule has 0 amide bonds. The Morgan fingerprint density at radius 2 is 2.00 bits per heavy atom. The molecule has 0 aliphatic carbocycles. The SMILES string of the molecule is CCCN(CC)CCNS(=O)(=O)c1sc(=O)[nH]c1C. The third-order valence-electron chi connectivity index (χ3n) is 2.73. The maximum Gasteiger partial charge on any atom is 0.305 e. The Labute approximate surface area is 117 Å². The number of thiazole rings is 1. The Hall–Kier alpha value is -0.700. The maximum atomic E-state index is 12.0. The molecule has 19 heavy (non-hydrogen) atoms. The van der Waals surface area contributed by atoms with E-state index in [4.69, 9.17) is 0 Å². The largest absolute Gasteiger partial charge is 0.315 e. The number of H-pyrrole nitrogens is 1. The number of nitrogens with zero attached hydrogens (tertiary/aromatic N) is 1. The number of aromatic nitrogens is 1. The fourth-order valence-corrected chi connectivity index (χ4v) is 4.16. The molecular formula is C11H21N3O3S2. The average Bonchev–Trinajstić information content (AvgIpc) is 2.68. The quantitative estimate of drug-likeness (QED) is 0.742. The van der Waals surface area contributed by atoms with Gasteiger partial charge >= 0.3 is 4.87 Å². The molecule has 110 valence electrons. The van der Waals surface area contributed by atoms with Crippen molar-refractivity contribution in [1.82, 2.24) is 14.6 Å². The van der Waals surface area contributed by atoms with Gasteiger partial charge in [0.25, 0.3) is 10.0 Å². The van der Waals surface area contributed by atoms with Crippen LogP contribution in [0, 0.1) is 6.92 Å². The van der Waals surface area contributed by atoms with E-state index in [2.05, 4.69) is 21.5 Å². The van der Waals surface area contributed by atoms with Gasteiger partial charge in [0.15, 0.2) is 4.21 Å². The van der Waals surface area contributed by atoms with Crippen molar-refractivity contribution in [2.45, 2.75) is 31.4 Å². The van der Waals surface area contributed by atoms with Gasteiger partial charge in [-0.1, -0.05) is 25.2 Å². The minimum absolute atomic E-state index is 0.0797. The molecule has 0 atom stereocenters. The smallest absolute Gasteiger partial charge is 0.305 e. The molecule has 0 bridgehead atoms. The minimum atomic E-state index is -3.58. The molecule has 0 saturated carbocycles. The fourth-order valence-electron chi connectivity index (χ4n) is 1.79. The van der Waals surface area contributed by atoms with Crippen LogP contribution in [-0.2, 0) is 10.0 Å². The Morgan fingerprint density at radius 3 is 2.47 bits per heavy atom. The summed E-state index contributed by atoms with van der Waals surface area (Å²) in [5, 5.41) is 0. The molecular weight excluding hydrogens is 286 g/mol. The molecule has 1 heterocycles. The number of aryl methyl sites for hydroxylation is 1. The molecule has 2 N–H and O–H groups in total. The predicted molar refractivity (Wildman–Crippen MR) is 77.3 cm³/mol. The van der Waals surface area contributed by atoms with Crippen LogP contribution in [0.5, 0.6) is 0 Å². The van der Waals surface area contributed by atoms with E-state index >= 15 is 0 Å². The average molecular weight is 307 g/mol. The molecule has 0 aliphatic heterocycles. The van der Waals surface area contributed by atoms with E-state index in [1.165, 1.54) is 0 Å². The summed E-state index contributed by atoms with van der Waals surface area (Å²) in [4.78, 5) is 15.4. The Kier molecular flexibility index (Phi) is 6.18. The first kappa shape index (κ1) is 16.4. The van der Waals surface area contributed by atoms with Crippen molar-refractivity contribution in [2.24, 2.45) is 0 Å². The van der Waals surface area contributed by atoms with Crippen LogP contribution in [0.25, 0.3) is 0 Å². The summed E-state index contributed by atoms with van der Waals surface area (Å²) in [6.07, 6.45) is 1.04. The van der Waals surface area contributed by atoms with E-state index < -0.39 is 10.0 Å². The highest BCUT2D eigenvalue weighted by Gasteiger charge is 2.20. The zero-order chi connectivity index (χ0) is 14.5. The molecule has 8 heteroatoms. The maximum absolute atomic E-state index is 12.0. The fraction of sp³-hybridized carbons (Fsp3) is 0.727. The van der Waals surface area contributed by atoms with Gasteiger partial charge in [-0.05, 0) is 26.4 Å². The second kappa shape index (κ2) is 7.18. The van der Waals surface area contributed by atoms with Gasteiger partial charge in [0.2, 0.25) is 0 Å². The predicted octanol–water partition coefficient (Wildman–Crippen LogP) is 0.755. The second-order valence-electron chi connectivity index (χ2n) is 4.26. The highest BCUT2D eigenvalue weighted by Crippen LogP contribution is 2.14. The van der Waals surface area contributed by atoms with E-state index in [1.807, 2.05) is 6.92 Å². The molecule has 0 aromatic carbocycles. The number of hydrogen-bond acceptors (Lipinski definition) is 5. The van der Waals surface area contributed by atoms with Gasteiger partial charge in [0.1, 0.15) is 0 Å². The lowest BCUT2D eigenvalue weighted by Crippen LogP contribution is -2.35. The summed E-state index contributed by atoms with van der Waals surface area (Å²) in [5.41, 5.74) is 0.392. The first-order valence-electron chi connectivity index (χ1n) is 6.32. The van der Waals surface area contributed by atoms with Crippen LogP contribution in [0.15, 0.2) is 9.00 Å². The number of likely N-dealkylation sites (N-methyl/N-ethyl adjacent to an activating group) is 1. The summed E-state index contributed by atoms with van der Waals surface area (Å²) >= 11 is 0.721. The second-order valence-corrected chi connectivity index (χ2v) is 7.20. The Balaban J connectivity index is 2.61. The van der Waals surface area contributed by atoms with Crippen LogP contribution >= 0.6 is 11.3 Å². The van der Waals surface area contributed by atoms with Crippen LogP contribution < -0.4 is 9.60 Å². The summed E-state index contributed by atoms with van der Waals surface area (Å²) in [7, 11) is -3.58. The molecule has 0 spiro atoms. The van der Waals surface area contributed by atoms with E-state index in [0.717, 1.165) is 30.8 Å². The van der Waals surface area contributed by atoms with Crippen molar-refractivity contribution in [3.8, 4) is 0 Å². The lowest BCUT2D eigenvalue weighted by molar-refractivity contribution is 0.293. The zero-order valence-corrected chi connectivity index (χ0v) is 13.2. The molecule has 1 aromatic heterocycles. The zero-order valence-electron chi connectivity index (χ0n) is 11.5. The third-order valence-corrected chi connectivity index (χ3v) is 5.80. The van der Waals surface area contributed by atoms with Crippen molar-refractivity contribution >= 4 is 21.4 Å². The molecule has 1 aromatic rings. The first-order chi connectivity index (χ1) is 8.90. The Morgan fingerprint density at radius 1 is 1.32 bits per heavy atom. The van der Waals surface area contributed by atoms with Gasteiger partial charge < -0.3 is 9.88 Å². The van der Waals surface area contributed by atoms with E-state index in [1.54, 1.807) is 6.92 Å². The van der Waals surface area contributed by atoms with Crippen LogP contribution in [0.4, 0.5) is 0 Å². The molecule has 0 unspecified atom stereocenters. The van der Waals surface area contributed by atoms with Crippen molar-refractivity contribution < 1.29 is 8.42 Å². The number of nitrogens with one attached hydrogen (secondary N) is 2.